The molecule has 1 aromatic rings. The maximum Gasteiger partial charge on any atom is 0.0588 e. The third-order valence-electron chi connectivity index (χ3n) is 3.93. The molecule has 0 bridgehead atoms. The molecule has 0 N–H and O–H groups in total. The number of rotatable bonds is 3. The van der Waals surface area contributed by atoms with Gasteiger partial charge in [-0.05, 0) is 48.3 Å². The van der Waals surface area contributed by atoms with Crippen LogP contribution < -0.4 is 0 Å². The van der Waals surface area contributed by atoms with E-state index in [4.69, 9.17) is 11.6 Å². The van der Waals surface area contributed by atoms with E-state index in [2.05, 4.69) is 59.7 Å². The standard InChI is InChI=1S/C16H25Cl/c1-11-7-8-14(9-12(11)2)15(17)10-13(3)16(4,5)6/h7-9,13,15H,10H2,1-6H3. The van der Waals surface area contributed by atoms with Crippen molar-refractivity contribution in [2.75, 3.05) is 0 Å². The quantitative estimate of drug-likeness (QED) is 0.610. The van der Waals surface area contributed by atoms with Crippen molar-refractivity contribution >= 4 is 11.6 Å². The summed E-state index contributed by atoms with van der Waals surface area (Å²) in [7, 11) is 0. The van der Waals surface area contributed by atoms with Crippen LogP contribution in [0, 0.1) is 25.2 Å². The Hall–Kier alpha value is -0.490. The lowest BCUT2D eigenvalue weighted by Gasteiger charge is -2.29. The Bertz CT molecular complexity index is 374. The minimum atomic E-state index is 0.128. The number of aryl methyl sites for hydroxylation is 2. The fourth-order valence-corrected chi connectivity index (χ4v) is 2.16. The van der Waals surface area contributed by atoms with E-state index in [0.717, 1.165) is 6.42 Å². The first-order chi connectivity index (χ1) is 7.71. The predicted molar refractivity (Wildman–Crippen MR) is 77.7 cm³/mol. The van der Waals surface area contributed by atoms with Gasteiger partial charge in [0.2, 0.25) is 0 Å². The van der Waals surface area contributed by atoms with Gasteiger partial charge in [0.1, 0.15) is 0 Å². The summed E-state index contributed by atoms with van der Waals surface area (Å²) in [6.07, 6.45) is 1.04. The molecule has 0 saturated heterocycles. The first-order valence-electron chi connectivity index (χ1n) is 6.43. The molecule has 0 aliphatic rings. The number of hydrogen-bond acceptors (Lipinski definition) is 0. The lowest BCUT2D eigenvalue weighted by molar-refractivity contribution is 0.245. The monoisotopic (exact) mass is 252 g/mol. The van der Waals surface area contributed by atoms with E-state index >= 15 is 0 Å². The Labute approximate surface area is 111 Å². The molecule has 1 rings (SSSR count). The van der Waals surface area contributed by atoms with Crippen LogP contribution in [0.15, 0.2) is 18.2 Å². The second-order valence-corrected chi connectivity index (χ2v) is 6.84. The van der Waals surface area contributed by atoms with Crippen molar-refractivity contribution in [2.24, 2.45) is 11.3 Å². The van der Waals surface area contributed by atoms with Crippen LogP contribution in [0.3, 0.4) is 0 Å². The van der Waals surface area contributed by atoms with Crippen LogP contribution >= 0.6 is 11.6 Å². The fourth-order valence-electron chi connectivity index (χ4n) is 1.76. The second-order valence-electron chi connectivity index (χ2n) is 6.31. The lowest BCUT2D eigenvalue weighted by Crippen LogP contribution is -2.18. The Morgan fingerprint density at radius 1 is 1.12 bits per heavy atom. The highest BCUT2D eigenvalue weighted by Crippen LogP contribution is 2.36. The number of benzene rings is 1. The van der Waals surface area contributed by atoms with E-state index in [1.807, 2.05) is 0 Å². The molecule has 2 unspecified atom stereocenters. The van der Waals surface area contributed by atoms with Gasteiger partial charge in [0.15, 0.2) is 0 Å². The number of alkyl halides is 1. The Morgan fingerprint density at radius 2 is 1.71 bits per heavy atom. The fraction of sp³-hybridized carbons (Fsp3) is 0.625. The first-order valence-corrected chi connectivity index (χ1v) is 6.86. The molecule has 1 aromatic carbocycles. The molecule has 0 fully saturated rings. The highest BCUT2D eigenvalue weighted by molar-refractivity contribution is 6.20. The van der Waals surface area contributed by atoms with Crippen molar-refractivity contribution in [2.45, 2.75) is 53.3 Å². The van der Waals surface area contributed by atoms with Crippen molar-refractivity contribution in [3.63, 3.8) is 0 Å². The molecule has 1 heteroatoms. The number of hydrogen-bond donors (Lipinski definition) is 0. The molecule has 0 heterocycles. The topological polar surface area (TPSA) is 0 Å². The van der Waals surface area contributed by atoms with Gasteiger partial charge in [0.25, 0.3) is 0 Å². The zero-order valence-corrected chi connectivity index (χ0v) is 12.7. The molecule has 0 nitrogen and oxygen atoms in total. The summed E-state index contributed by atoms with van der Waals surface area (Å²) >= 11 is 6.53. The van der Waals surface area contributed by atoms with Gasteiger partial charge >= 0.3 is 0 Å². The lowest BCUT2D eigenvalue weighted by atomic mass is 9.79. The average molecular weight is 253 g/mol. The van der Waals surface area contributed by atoms with Crippen molar-refractivity contribution in [3.05, 3.63) is 34.9 Å². The van der Waals surface area contributed by atoms with Crippen LogP contribution in [0.5, 0.6) is 0 Å². The Balaban J connectivity index is 2.76. The van der Waals surface area contributed by atoms with Gasteiger partial charge in [-0.2, -0.15) is 0 Å². The molecule has 0 aliphatic carbocycles. The molecule has 17 heavy (non-hydrogen) atoms. The molecular formula is C16H25Cl. The van der Waals surface area contributed by atoms with Gasteiger partial charge < -0.3 is 0 Å². The van der Waals surface area contributed by atoms with Gasteiger partial charge in [-0.3, -0.25) is 0 Å². The van der Waals surface area contributed by atoms with Crippen LogP contribution in [0.2, 0.25) is 0 Å². The van der Waals surface area contributed by atoms with Gasteiger partial charge in [-0.15, -0.1) is 11.6 Å². The molecule has 0 aliphatic heterocycles. The molecule has 96 valence electrons. The van der Waals surface area contributed by atoms with Gasteiger partial charge in [0, 0.05) is 0 Å². The Kier molecular flexibility index (Phi) is 4.66. The maximum atomic E-state index is 6.53. The largest absolute Gasteiger partial charge is 0.118 e. The van der Waals surface area contributed by atoms with E-state index < -0.39 is 0 Å². The average Bonchev–Trinajstić information content (AvgIpc) is 2.20. The van der Waals surface area contributed by atoms with Crippen LogP contribution in [-0.2, 0) is 0 Å². The van der Waals surface area contributed by atoms with Crippen molar-refractivity contribution in [3.8, 4) is 0 Å². The van der Waals surface area contributed by atoms with E-state index in [1.54, 1.807) is 0 Å². The Morgan fingerprint density at radius 3 is 2.18 bits per heavy atom. The zero-order valence-electron chi connectivity index (χ0n) is 12.0. The minimum absolute atomic E-state index is 0.128. The van der Waals surface area contributed by atoms with Gasteiger partial charge in [-0.1, -0.05) is 45.9 Å². The van der Waals surface area contributed by atoms with Crippen LogP contribution in [-0.4, -0.2) is 0 Å². The summed E-state index contributed by atoms with van der Waals surface area (Å²) < 4.78 is 0. The highest BCUT2D eigenvalue weighted by atomic mass is 35.5. The molecular weight excluding hydrogens is 228 g/mol. The molecule has 0 saturated carbocycles. The van der Waals surface area contributed by atoms with E-state index in [-0.39, 0.29) is 5.38 Å². The summed E-state index contributed by atoms with van der Waals surface area (Å²) in [6.45, 7) is 13.4. The van der Waals surface area contributed by atoms with E-state index in [9.17, 15) is 0 Å². The number of halogens is 1. The maximum absolute atomic E-state index is 6.53. The highest BCUT2D eigenvalue weighted by Gasteiger charge is 2.23. The molecule has 0 amide bonds. The summed E-state index contributed by atoms with van der Waals surface area (Å²) in [4.78, 5) is 0. The zero-order chi connectivity index (χ0) is 13.2. The van der Waals surface area contributed by atoms with Crippen LogP contribution in [0.4, 0.5) is 0 Å². The van der Waals surface area contributed by atoms with E-state index in [0.29, 0.717) is 11.3 Å². The summed E-state index contributed by atoms with van der Waals surface area (Å²) in [6, 6.07) is 6.56. The third kappa shape index (κ3) is 4.03. The van der Waals surface area contributed by atoms with Crippen molar-refractivity contribution < 1.29 is 0 Å². The van der Waals surface area contributed by atoms with Gasteiger partial charge in [-0.25, -0.2) is 0 Å². The van der Waals surface area contributed by atoms with Crippen molar-refractivity contribution in [1.82, 2.24) is 0 Å². The SMILES string of the molecule is Cc1ccc(C(Cl)CC(C)C(C)(C)C)cc1C. The predicted octanol–water partition coefficient (Wildman–Crippen LogP) is 5.66. The van der Waals surface area contributed by atoms with Crippen LogP contribution in [0.25, 0.3) is 0 Å². The molecule has 0 radical (unpaired) electrons. The third-order valence-corrected chi connectivity index (χ3v) is 4.36. The first kappa shape index (κ1) is 14.6. The molecule has 0 aromatic heterocycles. The summed E-state index contributed by atoms with van der Waals surface area (Å²) in [5.74, 6) is 0.617. The summed E-state index contributed by atoms with van der Waals surface area (Å²) in [5.41, 5.74) is 4.25. The molecule has 0 spiro atoms. The normalized spacial score (nSPS) is 15.7. The minimum Gasteiger partial charge on any atom is -0.118 e. The summed E-state index contributed by atoms with van der Waals surface area (Å²) in [5, 5.41) is 0.128. The molecule has 2 atom stereocenters. The van der Waals surface area contributed by atoms with Crippen LogP contribution in [0.1, 0.15) is 56.2 Å². The second kappa shape index (κ2) is 5.44. The van der Waals surface area contributed by atoms with E-state index in [1.165, 1.54) is 16.7 Å². The van der Waals surface area contributed by atoms with Crippen molar-refractivity contribution in [1.29, 1.82) is 0 Å². The smallest absolute Gasteiger partial charge is 0.0588 e. The van der Waals surface area contributed by atoms with Gasteiger partial charge in [0.05, 0.1) is 5.38 Å².